The molecule has 1 saturated heterocycles. The summed E-state index contributed by atoms with van der Waals surface area (Å²) in [7, 11) is 0. The second-order valence-corrected chi connectivity index (χ2v) is 13.6. The molecule has 6 atom stereocenters. The highest BCUT2D eigenvalue weighted by Gasteiger charge is 2.35. The average Bonchev–Trinajstić information content (AvgIpc) is 3.62. The Morgan fingerprint density at radius 2 is 1.27 bits per heavy atom. The van der Waals surface area contributed by atoms with Gasteiger partial charge in [0.1, 0.15) is 11.9 Å². The predicted octanol–water partition coefficient (Wildman–Crippen LogP) is 8.05. The Balaban J connectivity index is 1.39. The van der Waals surface area contributed by atoms with Crippen molar-refractivity contribution in [3.8, 4) is 0 Å². The zero-order chi connectivity index (χ0) is 32.0. The number of hydrogen-bond acceptors (Lipinski definition) is 7. The summed E-state index contributed by atoms with van der Waals surface area (Å²) >= 11 is 0. The molecular weight excluding hydrogens is 556 g/mol. The van der Waals surface area contributed by atoms with Gasteiger partial charge in [-0.15, -0.1) is 0 Å². The van der Waals surface area contributed by atoms with Gasteiger partial charge >= 0.3 is 5.97 Å². The van der Waals surface area contributed by atoms with Crippen LogP contribution in [0.3, 0.4) is 0 Å². The van der Waals surface area contributed by atoms with Crippen LogP contribution in [0.4, 0.5) is 0 Å². The second-order valence-electron chi connectivity index (χ2n) is 13.6. The standard InChI is InChI=1S/C37H66O7/c1-3-4-5-6-7-8-9-13-16-19-22-33(40)35-25-26-36(44-35)34(41)28-32(39)21-18-15-12-10-11-14-17-20-31(38)24-23-30-27-29(2)43-37(30)42/h27,29,32-36,39-41H,3-26,28H2,1-2H3/t29-,32-,33-,34+,35+,36+/m0/s1. The molecule has 1 fully saturated rings. The number of ketones is 1. The van der Waals surface area contributed by atoms with Crippen LogP contribution in [0.15, 0.2) is 11.6 Å². The Morgan fingerprint density at radius 1 is 0.750 bits per heavy atom. The number of cyclic esters (lactones) is 1. The van der Waals surface area contributed by atoms with Gasteiger partial charge in [0.2, 0.25) is 0 Å². The summed E-state index contributed by atoms with van der Waals surface area (Å²) in [5, 5.41) is 31.7. The Kier molecular flexibility index (Phi) is 21.2. The van der Waals surface area contributed by atoms with Gasteiger partial charge < -0.3 is 24.8 Å². The zero-order valence-corrected chi connectivity index (χ0v) is 28.2. The summed E-state index contributed by atoms with van der Waals surface area (Å²) in [6.07, 6.45) is 24.4. The van der Waals surface area contributed by atoms with Gasteiger partial charge in [0, 0.05) is 24.8 Å². The third kappa shape index (κ3) is 17.4. The summed E-state index contributed by atoms with van der Waals surface area (Å²) < 4.78 is 11.1. The number of unbranched alkanes of at least 4 members (excludes halogenated alkanes) is 15. The molecule has 0 aromatic heterocycles. The summed E-state index contributed by atoms with van der Waals surface area (Å²) in [6, 6.07) is 0. The molecular formula is C37H66O7. The first-order chi connectivity index (χ1) is 21.3. The number of rotatable bonds is 28. The highest BCUT2D eigenvalue weighted by atomic mass is 16.5. The molecule has 0 radical (unpaired) electrons. The zero-order valence-electron chi connectivity index (χ0n) is 28.2. The van der Waals surface area contributed by atoms with E-state index in [1.807, 2.05) is 13.0 Å². The van der Waals surface area contributed by atoms with Crippen LogP contribution in [-0.4, -0.2) is 63.7 Å². The van der Waals surface area contributed by atoms with Crippen LogP contribution in [0.1, 0.15) is 174 Å². The highest BCUT2D eigenvalue weighted by Crippen LogP contribution is 2.28. The van der Waals surface area contributed by atoms with Crippen LogP contribution in [-0.2, 0) is 19.1 Å². The molecule has 0 spiro atoms. The van der Waals surface area contributed by atoms with Crippen LogP contribution >= 0.6 is 0 Å². The van der Waals surface area contributed by atoms with Gasteiger partial charge in [-0.1, -0.05) is 110 Å². The normalized spacial score (nSPS) is 22.2. The molecule has 44 heavy (non-hydrogen) atoms. The molecule has 0 unspecified atom stereocenters. The van der Waals surface area contributed by atoms with E-state index in [0.717, 1.165) is 77.0 Å². The topological polar surface area (TPSA) is 113 Å². The number of hydrogen-bond donors (Lipinski definition) is 3. The molecule has 0 saturated carbocycles. The van der Waals surface area contributed by atoms with E-state index in [1.54, 1.807) is 0 Å². The van der Waals surface area contributed by atoms with E-state index >= 15 is 0 Å². The van der Waals surface area contributed by atoms with Gasteiger partial charge in [-0.25, -0.2) is 4.79 Å². The first kappa shape index (κ1) is 38.9. The van der Waals surface area contributed by atoms with Gasteiger partial charge in [-0.05, 0) is 51.5 Å². The van der Waals surface area contributed by atoms with Crippen LogP contribution in [0, 0.1) is 0 Å². The van der Waals surface area contributed by atoms with E-state index in [4.69, 9.17) is 9.47 Å². The average molecular weight is 623 g/mol. The SMILES string of the molecule is CCCCCCCCCCCC[C@H](O)[C@H]1CC[C@H]([C@H](O)C[C@@H](O)CCCCCCCCCC(=O)CCC2=C[C@H](C)OC2=O)O1. The van der Waals surface area contributed by atoms with Crippen LogP contribution in [0.2, 0.25) is 0 Å². The van der Waals surface area contributed by atoms with Crippen molar-refractivity contribution in [1.29, 1.82) is 0 Å². The monoisotopic (exact) mass is 622 g/mol. The lowest BCUT2D eigenvalue weighted by atomic mass is 9.98. The van der Waals surface area contributed by atoms with Gasteiger partial charge in [0.05, 0.1) is 30.5 Å². The molecule has 2 aliphatic heterocycles. The van der Waals surface area contributed by atoms with Crippen molar-refractivity contribution in [2.24, 2.45) is 0 Å². The largest absolute Gasteiger partial charge is 0.455 e. The van der Waals surface area contributed by atoms with E-state index in [9.17, 15) is 24.9 Å². The van der Waals surface area contributed by atoms with Crippen molar-refractivity contribution < 1.29 is 34.4 Å². The van der Waals surface area contributed by atoms with Crippen molar-refractivity contribution in [1.82, 2.24) is 0 Å². The quantitative estimate of drug-likeness (QED) is 0.0598. The van der Waals surface area contributed by atoms with E-state index in [2.05, 4.69) is 6.92 Å². The summed E-state index contributed by atoms with van der Waals surface area (Å²) in [4.78, 5) is 23.7. The molecule has 3 N–H and O–H groups in total. The maximum absolute atomic E-state index is 12.1. The second kappa shape index (κ2) is 24.0. The maximum atomic E-state index is 12.1. The lowest BCUT2D eigenvalue weighted by molar-refractivity contribution is -0.139. The molecule has 0 amide bonds. The molecule has 0 bridgehead atoms. The minimum Gasteiger partial charge on any atom is -0.455 e. The van der Waals surface area contributed by atoms with Gasteiger partial charge in [-0.3, -0.25) is 4.79 Å². The van der Waals surface area contributed by atoms with E-state index in [0.29, 0.717) is 37.7 Å². The lowest BCUT2D eigenvalue weighted by Gasteiger charge is -2.23. The first-order valence-electron chi connectivity index (χ1n) is 18.4. The summed E-state index contributed by atoms with van der Waals surface area (Å²) in [6.45, 7) is 4.08. The number of Topliss-reactive ketones (excluding diaryl/α,β-unsaturated/α-hetero) is 1. The van der Waals surface area contributed by atoms with Gasteiger partial charge in [0.25, 0.3) is 0 Å². The van der Waals surface area contributed by atoms with Gasteiger partial charge in [-0.2, -0.15) is 0 Å². The van der Waals surface area contributed by atoms with Crippen LogP contribution in [0.5, 0.6) is 0 Å². The molecule has 7 nitrogen and oxygen atoms in total. The third-order valence-corrected chi connectivity index (χ3v) is 9.47. The number of aliphatic hydroxyl groups excluding tert-OH is 3. The van der Waals surface area contributed by atoms with Crippen molar-refractivity contribution in [3.05, 3.63) is 11.6 Å². The smallest absolute Gasteiger partial charge is 0.334 e. The third-order valence-electron chi connectivity index (χ3n) is 9.47. The maximum Gasteiger partial charge on any atom is 0.334 e. The Hall–Kier alpha value is -1.28. The Bertz CT molecular complexity index is 797. The fourth-order valence-electron chi connectivity index (χ4n) is 6.63. The minimum atomic E-state index is -0.686. The molecule has 7 heteroatoms. The molecule has 2 rings (SSSR count). The Labute approximate surface area is 268 Å². The number of ether oxygens (including phenoxy) is 2. The van der Waals surface area contributed by atoms with E-state index < -0.39 is 18.3 Å². The van der Waals surface area contributed by atoms with E-state index in [-0.39, 0.29) is 30.1 Å². The first-order valence-corrected chi connectivity index (χ1v) is 18.4. The molecule has 0 aliphatic carbocycles. The lowest BCUT2D eigenvalue weighted by Crippen LogP contribution is -2.33. The van der Waals surface area contributed by atoms with E-state index in [1.165, 1.54) is 51.4 Å². The number of carbonyl (C=O) groups is 2. The van der Waals surface area contributed by atoms with Crippen molar-refractivity contribution in [2.75, 3.05) is 0 Å². The molecule has 2 heterocycles. The molecule has 2 aliphatic rings. The molecule has 0 aromatic carbocycles. The predicted molar refractivity (Wildman–Crippen MR) is 176 cm³/mol. The Morgan fingerprint density at radius 3 is 1.84 bits per heavy atom. The summed E-state index contributed by atoms with van der Waals surface area (Å²) in [5.74, 6) is -0.0654. The van der Waals surface area contributed by atoms with Crippen molar-refractivity contribution in [2.45, 2.75) is 211 Å². The summed E-state index contributed by atoms with van der Waals surface area (Å²) in [5.41, 5.74) is 0.635. The van der Waals surface area contributed by atoms with Crippen molar-refractivity contribution in [3.63, 3.8) is 0 Å². The number of esters is 1. The van der Waals surface area contributed by atoms with Crippen LogP contribution in [0.25, 0.3) is 0 Å². The number of carbonyl (C=O) groups excluding carboxylic acids is 2. The fourth-order valence-corrected chi connectivity index (χ4v) is 6.63. The molecule has 256 valence electrons. The molecule has 0 aromatic rings. The minimum absolute atomic E-state index is 0.174. The number of aliphatic hydroxyl groups is 3. The fraction of sp³-hybridized carbons (Fsp3) is 0.892. The van der Waals surface area contributed by atoms with Crippen LogP contribution < -0.4 is 0 Å². The van der Waals surface area contributed by atoms with Gasteiger partial charge in [0.15, 0.2) is 0 Å². The highest BCUT2D eigenvalue weighted by molar-refractivity contribution is 5.91. The van der Waals surface area contributed by atoms with Crippen molar-refractivity contribution >= 4 is 11.8 Å².